The van der Waals surface area contributed by atoms with Gasteiger partial charge in [0.15, 0.2) is 0 Å². The highest BCUT2D eigenvalue weighted by molar-refractivity contribution is 7.13. The summed E-state index contributed by atoms with van der Waals surface area (Å²) >= 11 is 1.42. The summed E-state index contributed by atoms with van der Waals surface area (Å²) in [4.78, 5) is 27.9. The number of carbonyl (C=O) groups excluding carboxylic acids is 2. The van der Waals surface area contributed by atoms with Gasteiger partial charge in [0.1, 0.15) is 16.6 Å². The largest absolute Gasteiger partial charge is 0.497 e. The Balaban J connectivity index is 1.67. The van der Waals surface area contributed by atoms with E-state index >= 15 is 0 Å². The predicted octanol–water partition coefficient (Wildman–Crippen LogP) is 4.10. The first-order valence-corrected chi connectivity index (χ1v) is 9.28. The van der Waals surface area contributed by atoms with E-state index in [1.807, 2.05) is 24.3 Å². The number of hydrogen-bond donors (Lipinski definition) is 2. The van der Waals surface area contributed by atoms with Crippen LogP contribution >= 0.6 is 11.3 Å². The van der Waals surface area contributed by atoms with Crippen LogP contribution in [-0.2, 0) is 16.0 Å². The highest BCUT2D eigenvalue weighted by Gasteiger charge is 2.12. The Morgan fingerprint density at radius 3 is 2.57 bits per heavy atom. The third-order valence-electron chi connectivity index (χ3n) is 3.79. The van der Waals surface area contributed by atoms with E-state index in [4.69, 9.17) is 4.74 Å². The number of amides is 2. The van der Waals surface area contributed by atoms with Crippen LogP contribution < -0.4 is 15.4 Å². The fourth-order valence-electron chi connectivity index (χ4n) is 2.52. The number of hydrogen-bond acceptors (Lipinski definition) is 5. The maximum Gasteiger partial charge on any atom is 0.230 e. The third-order valence-corrected chi connectivity index (χ3v) is 4.73. The topological polar surface area (TPSA) is 80.3 Å². The van der Waals surface area contributed by atoms with Crippen molar-refractivity contribution in [3.8, 4) is 16.3 Å². The lowest BCUT2D eigenvalue weighted by molar-refractivity contribution is -0.116. The van der Waals surface area contributed by atoms with Crippen LogP contribution in [0.4, 0.5) is 15.8 Å². The number of thiazole rings is 1. The fourth-order valence-corrected chi connectivity index (χ4v) is 3.34. The van der Waals surface area contributed by atoms with Gasteiger partial charge in [-0.05, 0) is 42.5 Å². The lowest BCUT2D eigenvalue weighted by atomic mass is 10.2. The number of nitrogens with one attached hydrogen (secondary N) is 2. The second kappa shape index (κ2) is 8.62. The number of anilines is 2. The number of rotatable bonds is 6. The molecule has 1 heterocycles. The van der Waals surface area contributed by atoms with Crippen LogP contribution in [0.2, 0.25) is 0 Å². The Labute approximate surface area is 165 Å². The lowest BCUT2D eigenvalue weighted by Crippen LogP contribution is -2.16. The average molecular weight is 399 g/mol. The smallest absolute Gasteiger partial charge is 0.230 e. The minimum atomic E-state index is -0.584. The Hall–Kier alpha value is -3.26. The van der Waals surface area contributed by atoms with E-state index in [1.165, 1.54) is 36.5 Å². The molecule has 2 amide bonds. The standard InChI is InChI=1S/C20H18FN3O3S/c1-12(25)22-14-5-8-17(21)18(9-14)24-19(26)10-15-11-28-20(23-15)13-3-6-16(27-2)7-4-13/h3-9,11H,10H2,1-2H3,(H,22,25)(H,24,26). The maximum atomic E-state index is 13.9. The van der Waals surface area contributed by atoms with E-state index in [1.54, 1.807) is 12.5 Å². The van der Waals surface area contributed by atoms with Gasteiger partial charge >= 0.3 is 0 Å². The predicted molar refractivity (Wildman–Crippen MR) is 107 cm³/mol. The van der Waals surface area contributed by atoms with Gasteiger partial charge in [0.05, 0.1) is 24.9 Å². The van der Waals surface area contributed by atoms with Crippen molar-refractivity contribution in [2.24, 2.45) is 0 Å². The van der Waals surface area contributed by atoms with Crippen molar-refractivity contribution in [2.45, 2.75) is 13.3 Å². The molecule has 0 saturated carbocycles. The highest BCUT2D eigenvalue weighted by Crippen LogP contribution is 2.26. The molecule has 0 aliphatic heterocycles. The summed E-state index contributed by atoms with van der Waals surface area (Å²) in [5.41, 5.74) is 1.92. The van der Waals surface area contributed by atoms with E-state index in [-0.39, 0.29) is 18.0 Å². The average Bonchev–Trinajstić information content (AvgIpc) is 3.12. The molecule has 0 spiro atoms. The summed E-state index contributed by atoms with van der Waals surface area (Å²) in [6.07, 6.45) is 0.0104. The van der Waals surface area contributed by atoms with Gasteiger partial charge in [-0.1, -0.05) is 0 Å². The van der Waals surface area contributed by atoms with Crippen LogP contribution in [0.1, 0.15) is 12.6 Å². The number of aromatic nitrogens is 1. The summed E-state index contributed by atoms with van der Waals surface area (Å²) in [7, 11) is 1.60. The molecule has 0 aliphatic carbocycles. The number of halogens is 1. The van der Waals surface area contributed by atoms with Crippen molar-refractivity contribution in [1.82, 2.24) is 4.98 Å². The molecule has 1 aromatic heterocycles. The zero-order valence-electron chi connectivity index (χ0n) is 15.3. The number of methoxy groups -OCH3 is 1. The molecule has 3 rings (SSSR count). The van der Waals surface area contributed by atoms with Crippen molar-refractivity contribution in [1.29, 1.82) is 0 Å². The fraction of sp³-hybridized carbons (Fsp3) is 0.150. The van der Waals surface area contributed by atoms with Gasteiger partial charge in [-0.2, -0.15) is 0 Å². The molecule has 0 aliphatic rings. The SMILES string of the molecule is COc1ccc(-c2nc(CC(=O)Nc3cc(NC(C)=O)ccc3F)cs2)cc1. The molecule has 0 bridgehead atoms. The van der Waals surface area contributed by atoms with E-state index in [0.717, 1.165) is 16.3 Å². The molecule has 0 radical (unpaired) electrons. The quantitative estimate of drug-likeness (QED) is 0.654. The zero-order valence-corrected chi connectivity index (χ0v) is 16.1. The number of carbonyl (C=O) groups is 2. The van der Waals surface area contributed by atoms with E-state index in [9.17, 15) is 14.0 Å². The molecule has 2 aromatic carbocycles. The lowest BCUT2D eigenvalue weighted by Gasteiger charge is -2.08. The van der Waals surface area contributed by atoms with Crippen molar-refractivity contribution >= 4 is 34.5 Å². The first-order chi connectivity index (χ1) is 13.4. The number of nitrogens with zero attached hydrogens (tertiary/aromatic N) is 1. The normalized spacial score (nSPS) is 10.4. The minimum absolute atomic E-state index is 0.00172. The second-order valence-electron chi connectivity index (χ2n) is 5.97. The molecule has 8 heteroatoms. The minimum Gasteiger partial charge on any atom is -0.497 e. The van der Waals surface area contributed by atoms with Crippen molar-refractivity contribution in [3.63, 3.8) is 0 Å². The highest BCUT2D eigenvalue weighted by atomic mass is 32.1. The first kappa shape index (κ1) is 19.5. The maximum absolute atomic E-state index is 13.9. The summed E-state index contributed by atoms with van der Waals surface area (Å²) in [6.45, 7) is 1.35. The van der Waals surface area contributed by atoms with Gasteiger partial charge in [0.25, 0.3) is 0 Å². The molecule has 0 saturated heterocycles. The first-order valence-electron chi connectivity index (χ1n) is 8.40. The third kappa shape index (κ3) is 4.92. The summed E-state index contributed by atoms with van der Waals surface area (Å²) in [6, 6.07) is 11.5. The molecular formula is C20H18FN3O3S. The van der Waals surface area contributed by atoms with Gasteiger partial charge in [0, 0.05) is 23.6 Å². The Morgan fingerprint density at radius 1 is 1.14 bits per heavy atom. The molecule has 0 atom stereocenters. The van der Waals surface area contributed by atoms with E-state index in [2.05, 4.69) is 15.6 Å². The van der Waals surface area contributed by atoms with Crippen LogP contribution in [0.15, 0.2) is 47.8 Å². The van der Waals surface area contributed by atoms with Crippen LogP contribution in [0, 0.1) is 5.82 Å². The van der Waals surface area contributed by atoms with Crippen molar-refractivity contribution in [2.75, 3.05) is 17.7 Å². The molecule has 3 aromatic rings. The van der Waals surface area contributed by atoms with Crippen molar-refractivity contribution in [3.05, 3.63) is 59.4 Å². The number of benzene rings is 2. The van der Waals surface area contributed by atoms with Crippen LogP contribution in [-0.4, -0.2) is 23.9 Å². The van der Waals surface area contributed by atoms with Crippen LogP contribution in [0.5, 0.6) is 5.75 Å². The Morgan fingerprint density at radius 2 is 1.89 bits per heavy atom. The van der Waals surface area contributed by atoms with Gasteiger partial charge < -0.3 is 15.4 Å². The molecule has 28 heavy (non-hydrogen) atoms. The van der Waals surface area contributed by atoms with Gasteiger partial charge in [-0.15, -0.1) is 11.3 Å². The molecule has 0 unspecified atom stereocenters. The molecule has 6 nitrogen and oxygen atoms in total. The van der Waals surface area contributed by atoms with Crippen LogP contribution in [0.25, 0.3) is 10.6 Å². The Kier molecular flexibility index (Phi) is 6.00. The molecule has 2 N–H and O–H groups in total. The number of ether oxygens (including phenoxy) is 1. The second-order valence-corrected chi connectivity index (χ2v) is 6.83. The van der Waals surface area contributed by atoms with E-state index < -0.39 is 11.7 Å². The zero-order chi connectivity index (χ0) is 20.1. The van der Waals surface area contributed by atoms with Crippen LogP contribution in [0.3, 0.4) is 0 Å². The monoisotopic (exact) mass is 399 g/mol. The molecule has 0 fully saturated rings. The summed E-state index contributed by atoms with van der Waals surface area (Å²) < 4.78 is 19.1. The molecular weight excluding hydrogens is 381 g/mol. The van der Waals surface area contributed by atoms with Crippen molar-refractivity contribution < 1.29 is 18.7 Å². The summed E-state index contributed by atoms with van der Waals surface area (Å²) in [5, 5.41) is 7.64. The summed E-state index contributed by atoms with van der Waals surface area (Å²) in [5.74, 6) is -0.508. The van der Waals surface area contributed by atoms with Gasteiger partial charge in [-0.25, -0.2) is 9.37 Å². The molecule has 144 valence electrons. The van der Waals surface area contributed by atoms with Gasteiger partial charge in [-0.3, -0.25) is 9.59 Å². The Bertz CT molecular complexity index is 1000. The van der Waals surface area contributed by atoms with Gasteiger partial charge in [0.2, 0.25) is 11.8 Å². The van der Waals surface area contributed by atoms with E-state index in [0.29, 0.717) is 11.4 Å².